The van der Waals surface area contributed by atoms with Gasteiger partial charge in [0.2, 0.25) is 0 Å². The molecule has 3 aromatic rings. The molecular weight excluding hydrogens is 396 g/mol. The molecule has 0 fully saturated rings. The number of carbonyl (C=O) groups is 2. The minimum Gasteiger partial charge on any atom is -0.459 e. The number of hydrogen-bond acceptors (Lipinski definition) is 4. The molecule has 1 atom stereocenters. The lowest BCUT2D eigenvalue weighted by Gasteiger charge is -2.18. The molecule has 28 heavy (non-hydrogen) atoms. The Bertz CT molecular complexity index is 1010. The minimum atomic E-state index is -0.364. The van der Waals surface area contributed by atoms with Crippen LogP contribution < -0.4 is 10.6 Å². The van der Waals surface area contributed by atoms with Gasteiger partial charge in [0.25, 0.3) is 11.8 Å². The van der Waals surface area contributed by atoms with Crippen molar-refractivity contribution in [3.05, 3.63) is 69.4 Å². The van der Waals surface area contributed by atoms with Crippen LogP contribution in [-0.2, 0) is 12.8 Å². The predicted octanol–water partition coefficient (Wildman–Crippen LogP) is 5.62. The van der Waals surface area contributed by atoms with Gasteiger partial charge in [-0.3, -0.25) is 9.59 Å². The average molecular weight is 415 g/mol. The molecular formula is C21H19ClN2O3S. The number of fused-ring (bicyclic) bond motifs is 1. The van der Waals surface area contributed by atoms with E-state index in [9.17, 15) is 9.59 Å². The fourth-order valence-corrected chi connectivity index (χ4v) is 4.91. The largest absolute Gasteiger partial charge is 0.459 e. The topological polar surface area (TPSA) is 71.3 Å². The Hall–Kier alpha value is -2.57. The van der Waals surface area contributed by atoms with Gasteiger partial charge in [-0.05, 0) is 67.1 Å². The lowest BCUT2D eigenvalue weighted by molar-refractivity contribution is 0.0997. The highest BCUT2D eigenvalue weighted by Crippen LogP contribution is 2.40. The summed E-state index contributed by atoms with van der Waals surface area (Å²) < 4.78 is 5.17. The highest BCUT2D eigenvalue weighted by molar-refractivity contribution is 7.17. The number of carbonyl (C=O) groups excluding carboxylic acids is 2. The maximum atomic E-state index is 13.1. The fraction of sp³-hybridized carbons (Fsp3) is 0.238. The van der Waals surface area contributed by atoms with Crippen LogP contribution in [0.4, 0.5) is 10.7 Å². The normalized spacial score (nSPS) is 15.7. The summed E-state index contributed by atoms with van der Waals surface area (Å²) in [6.07, 6.45) is 4.21. The van der Waals surface area contributed by atoms with Crippen molar-refractivity contribution < 1.29 is 14.0 Å². The Labute approximate surface area is 171 Å². The van der Waals surface area contributed by atoms with Crippen molar-refractivity contribution in [2.45, 2.75) is 26.2 Å². The second-order valence-corrected chi connectivity index (χ2v) is 8.49. The maximum absolute atomic E-state index is 13.1. The lowest BCUT2D eigenvalue weighted by atomic mass is 9.88. The third-order valence-corrected chi connectivity index (χ3v) is 6.23. The maximum Gasteiger partial charge on any atom is 0.291 e. The molecule has 4 rings (SSSR count). The van der Waals surface area contributed by atoms with Gasteiger partial charge in [-0.25, -0.2) is 0 Å². The van der Waals surface area contributed by atoms with Gasteiger partial charge in [-0.2, -0.15) is 0 Å². The smallest absolute Gasteiger partial charge is 0.291 e. The van der Waals surface area contributed by atoms with Crippen LogP contribution in [0, 0.1) is 5.92 Å². The summed E-state index contributed by atoms with van der Waals surface area (Å²) in [6.45, 7) is 2.21. The highest BCUT2D eigenvalue weighted by atomic mass is 35.5. The minimum absolute atomic E-state index is 0.212. The quantitative estimate of drug-likeness (QED) is 0.581. The Balaban J connectivity index is 1.66. The first-order valence-electron chi connectivity index (χ1n) is 9.07. The number of nitrogens with one attached hydrogen (secondary N) is 2. The van der Waals surface area contributed by atoms with Crippen molar-refractivity contribution in [2.24, 2.45) is 5.92 Å². The summed E-state index contributed by atoms with van der Waals surface area (Å²) in [6, 6.07) is 10.2. The first-order valence-corrected chi connectivity index (χ1v) is 10.3. The van der Waals surface area contributed by atoms with Crippen molar-refractivity contribution in [2.75, 3.05) is 10.6 Å². The van der Waals surface area contributed by atoms with Gasteiger partial charge in [0.05, 0.1) is 11.8 Å². The Morgan fingerprint density at radius 3 is 2.64 bits per heavy atom. The van der Waals surface area contributed by atoms with E-state index in [1.165, 1.54) is 17.6 Å². The van der Waals surface area contributed by atoms with Crippen LogP contribution in [0.3, 0.4) is 0 Å². The van der Waals surface area contributed by atoms with E-state index >= 15 is 0 Å². The van der Waals surface area contributed by atoms with E-state index < -0.39 is 0 Å². The van der Waals surface area contributed by atoms with E-state index in [2.05, 4.69) is 17.6 Å². The molecule has 1 aliphatic rings. The monoisotopic (exact) mass is 414 g/mol. The molecule has 2 amide bonds. The number of benzene rings is 1. The standard InChI is InChI=1S/C21H19ClN2O3S/c1-12-4-9-15-17(11-12)28-21(24-19(25)16-3-2-10-27-16)18(15)20(26)23-14-7-5-13(22)6-8-14/h2-3,5-8,10,12H,4,9,11H2,1H3,(H,23,26)(H,24,25). The molecule has 0 bridgehead atoms. The Morgan fingerprint density at radius 1 is 1.14 bits per heavy atom. The number of hydrogen-bond donors (Lipinski definition) is 2. The van der Waals surface area contributed by atoms with E-state index in [-0.39, 0.29) is 17.6 Å². The summed E-state index contributed by atoms with van der Waals surface area (Å²) in [5.74, 6) is 0.178. The van der Waals surface area contributed by atoms with Crippen LogP contribution >= 0.6 is 22.9 Å². The summed E-state index contributed by atoms with van der Waals surface area (Å²) in [5.41, 5.74) is 2.23. The number of halogens is 1. The SMILES string of the molecule is CC1CCc2c(sc(NC(=O)c3ccco3)c2C(=O)Nc2ccc(Cl)cc2)C1. The number of amides is 2. The van der Waals surface area contributed by atoms with Crippen molar-refractivity contribution >= 4 is 45.4 Å². The van der Waals surface area contributed by atoms with Crippen LogP contribution in [0.5, 0.6) is 0 Å². The second kappa shape index (κ2) is 7.81. The van der Waals surface area contributed by atoms with Crippen molar-refractivity contribution in [3.63, 3.8) is 0 Å². The summed E-state index contributed by atoms with van der Waals surface area (Å²) >= 11 is 7.40. The molecule has 1 aliphatic carbocycles. The van der Waals surface area contributed by atoms with E-state index in [0.29, 0.717) is 27.2 Å². The predicted molar refractivity (Wildman–Crippen MR) is 112 cm³/mol. The van der Waals surface area contributed by atoms with Gasteiger partial charge in [-0.1, -0.05) is 18.5 Å². The first-order chi connectivity index (χ1) is 13.5. The fourth-order valence-electron chi connectivity index (χ4n) is 3.38. The molecule has 5 nitrogen and oxygen atoms in total. The van der Waals surface area contributed by atoms with Gasteiger partial charge >= 0.3 is 0 Å². The number of furan rings is 1. The van der Waals surface area contributed by atoms with Crippen LogP contribution in [0.1, 0.15) is 44.7 Å². The molecule has 0 spiro atoms. The zero-order valence-electron chi connectivity index (χ0n) is 15.3. The Kier molecular flexibility index (Phi) is 5.24. The van der Waals surface area contributed by atoms with Crippen LogP contribution in [0.2, 0.25) is 5.02 Å². The summed E-state index contributed by atoms with van der Waals surface area (Å²) in [4.78, 5) is 26.7. The molecule has 0 radical (unpaired) electrons. The average Bonchev–Trinajstić information content (AvgIpc) is 3.31. The van der Waals surface area contributed by atoms with Crippen molar-refractivity contribution in [1.82, 2.24) is 0 Å². The molecule has 2 heterocycles. The summed E-state index contributed by atoms with van der Waals surface area (Å²) in [5, 5.41) is 6.95. The molecule has 0 aliphatic heterocycles. The second-order valence-electron chi connectivity index (χ2n) is 6.95. The van der Waals surface area contributed by atoms with E-state index in [4.69, 9.17) is 16.0 Å². The number of rotatable bonds is 4. The number of anilines is 2. The van der Waals surface area contributed by atoms with Crippen molar-refractivity contribution in [1.29, 1.82) is 0 Å². The van der Waals surface area contributed by atoms with Crippen LogP contribution in [0.15, 0.2) is 47.1 Å². The number of thiophene rings is 1. The molecule has 1 aromatic carbocycles. The lowest BCUT2D eigenvalue weighted by Crippen LogP contribution is -2.19. The third kappa shape index (κ3) is 3.84. The van der Waals surface area contributed by atoms with E-state index in [0.717, 1.165) is 29.7 Å². The van der Waals surface area contributed by atoms with Crippen LogP contribution in [-0.4, -0.2) is 11.8 Å². The van der Waals surface area contributed by atoms with Crippen molar-refractivity contribution in [3.8, 4) is 0 Å². The van der Waals surface area contributed by atoms with E-state index in [1.807, 2.05) is 0 Å². The molecule has 7 heteroatoms. The molecule has 0 saturated carbocycles. The molecule has 1 unspecified atom stereocenters. The van der Waals surface area contributed by atoms with E-state index in [1.54, 1.807) is 36.4 Å². The van der Waals surface area contributed by atoms with Gasteiger partial charge in [-0.15, -0.1) is 11.3 Å². The van der Waals surface area contributed by atoms with Gasteiger partial charge in [0, 0.05) is 15.6 Å². The zero-order chi connectivity index (χ0) is 19.7. The highest BCUT2D eigenvalue weighted by Gasteiger charge is 2.29. The third-order valence-electron chi connectivity index (χ3n) is 4.81. The van der Waals surface area contributed by atoms with Gasteiger partial charge < -0.3 is 15.1 Å². The molecule has 0 saturated heterocycles. The van der Waals surface area contributed by atoms with Crippen LogP contribution in [0.25, 0.3) is 0 Å². The summed E-state index contributed by atoms with van der Waals surface area (Å²) in [7, 11) is 0. The molecule has 144 valence electrons. The Morgan fingerprint density at radius 2 is 1.93 bits per heavy atom. The molecule has 2 N–H and O–H groups in total. The first kappa shape index (κ1) is 18.8. The van der Waals surface area contributed by atoms with Gasteiger partial charge in [0.1, 0.15) is 5.00 Å². The van der Waals surface area contributed by atoms with Gasteiger partial charge in [0.15, 0.2) is 5.76 Å². The zero-order valence-corrected chi connectivity index (χ0v) is 16.8. The molecule has 2 aromatic heterocycles.